The zero-order chi connectivity index (χ0) is 23.7. The van der Waals surface area contributed by atoms with Crippen LogP contribution in [0.4, 0.5) is 0 Å². The van der Waals surface area contributed by atoms with Crippen LogP contribution in [0.3, 0.4) is 0 Å². The van der Waals surface area contributed by atoms with Crippen molar-refractivity contribution >= 4 is 17.1 Å². The number of aryl methyl sites for hydroxylation is 2. The fourth-order valence-electron chi connectivity index (χ4n) is 4.51. The molecule has 4 aromatic rings. The summed E-state index contributed by atoms with van der Waals surface area (Å²) < 4.78 is 6.15. The number of carboxylic acids is 1. The Morgan fingerprint density at radius 1 is 1.03 bits per heavy atom. The number of carboxylic acid groups (broad SMARTS) is 1. The lowest BCUT2D eigenvalue weighted by Crippen LogP contribution is -2.25. The Morgan fingerprint density at radius 3 is 2.53 bits per heavy atom. The van der Waals surface area contributed by atoms with Gasteiger partial charge in [-0.3, -0.25) is 9.78 Å². The lowest BCUT2D eigenvalue weighted by atomic mass is 9.85. The smallest absolute Gasteiger partial charge is 0.303 e. The van der Waals surface area contributed by atoms with E-state index >= 15 is 0 Å². The van der Waals surface area contributed by atoms with Crippen molar-refractivity contribution in [3.05, 3.63) is 54.0 Å². The lowest BCUT2D eigenvalue weighted by molar-refractivity contribution is -0.138. The highest BCUT2D eigenvalue weighted by Gasteiger charge is 2.24. The molecule has 8 nitrogen and oxygen atoms in total. The predicted molar refractivity (Wildman–Crippen MR) is 128 cm³/mol. The largest absolute Gasteiger partial charge is 0.481 e. The highest BCUT2D eigenvalue weighted by atomic mass is 16.5. The molecule has 34 heavy (non-hydrogen) atoms. The van der Waals surface area contributed by atoms with Gasteiger partial charge in [0.25, 0.3) is 0 Å². The summed E-state index contributed by atoms with van der Waals surface area (Å²) in [6.07, 6.45) is 7.40. The molecule has 1 aliphatic carbocycles. The standard InChI is InChI=1S/C26H27N5O3/c1-15-11-19(14-28-26(15)34-20-7-4-17(5-8-20)12-23(32)33)21-10-6-18(13-27-21)24-30-22-9-3-16(2)29-25(22)31-24/h3,6,9-11,13-14,17,20H,4-5,7-8,12H2,1-2H3,(H,32,33)(H,29,30,31). The molecule has 1 aliphatic rings. The zero-order valence-electron chi connectivity index (χ0n) is 19.3. The van der Waals surface area contributed by atoms with Gasteiger partial charge in [0.1, 0.15) is 11.9 Å². The van der Waals surface area contributed by atoms with Gasteiger partial charge in [0.05, 0.1) is 11.2 Å². The summed E-state index contributed by atoms with van der Waals surface area (Å²) in [5, 5.41) is 8.98. The summed E-state index contributed by atoms with van der Waals surface area (Å²) in [7, 11) is 0. The number of H-pyrrole nitrogens is 1. The van der Waals surface area contributed by atoms with Gasteiger partial charge in [-0.05, 0) is 75.8 Å². The van der Waals surface area contributed by atoms with Crippen LogP contribution >= 0.6 is 0 Å². The van der Waals surface area contributed by atoms with E-state index in [1.165, 1.54) is 0 Å². The number of nitrogens with one attached hydrogen (secondary N) is 1. The number of carbonyl (C=O) groups is 1. The number of aromatic amines is 1. The van der Waals surface area contributed by atoms with Gasteiger partial charge in [0, 0.05) is 41.2 Å². The molecule has 4 heterocycles. The summed E-state index contributed by atoms with van der Waals surface area (Å²) in [4.78, 5) is 32.4. The van der Waals surface area contributed by atoms with Crippen LogP contribution in [0.2, 0.25) is 0 Å². The number of aromatic nitrogens is 5. The van der Waals surface area contributed by atoms with Crippen molar-refractivity contribution in [2.75, 3.05) is 0 Å². The SMILES string of the molecule is Cc1ccc2[nH]c(-c3ccc(-c4cnc(OC5CCC(CC(=O)O)CC5)c(C)c4)nc3)nc2n1. The first-order chi connectivity index (χ1) is 16.4. The van der Waals surface area contributed by atoms with Crippen LogP contribution < -0.4 is 4.74 Å². The second-order valence-corrected chi connectivity index (χ2v) is 9.05. The average Bonchev–Trinajstić information content (AvgIpc) is 3.24. The Balaban J connectivity index is 1.26. The Morgan fingerprint density at radius 2 is 1.82 bits per heavy atom. The van der Waals surface area contributed by atoms with Crippen molar-refractivity contribution in [1.29, 1.82) is 0 Å². The molecule has 8 heteroatoms. The molecule has 0 radical (unpaired) electrons. The topological polar surface area (TPSA) is 114 Å². The van der Waals surface area contributed by atoms with E-state index in [4.69, 9.17) is 9.84 Å². The second kappa shape index (κ2) is 9.21. The van der Waals surface area contributed by atoms with E-state index in [0.717, 1.165) is 65.1 Å². The molecule has 0 amide bonds. The molecule has 2 N–H and O–H groups in total. The number of ether oxygens (including phenoxy) is 1. The molecule has 174 valence electrons. The summed E-state index contributed by atoms with van der Waals surface area (Å²) in [6, 6.07) is 9.92. The van der Waals surface area contributed by atoms with Gasteiger partial charge < -0.3 is 14.8 Å². The molecule has 1 fully saturated rings. The van der Waals surface area contributed by atoms with Gasteiger partial charge in [0.15, 0.2) is 5.65 Å². The molecule has 0 saturated heterocycles. The number of nitrogens with zero attached hydrogens (tertiary/aromatic N) is 4. The molecule has 5 rings (SSSR count). The number of pyridine rings is 3. The maximum absolute atomic E-state index is 10.9. The normalized spacial score (nSPS) is 18.2. The van der Waals surface area contributed by atoms with Gasteiger partial charge in [-0.25, -0.2) is 15.0 Å². The van der Waals surface area contributed by atoms with Crippen molar-refractivity contribution in [1.82, 2.24) is 24.9 Å². The quantitative estimate of drug-likeness (QED) is 0.413. The minimum Gasteiger partial charge on any atom is -0.481 e. The Bertz CT molecular complexity index is 1320. The predicted octanol–water partition coefficient (Wildman–Crippen LogP) is 5.11. The summed E-state index contributed by atoms with van der Waals surface area (Å²) >= 11 is 0. The van der Waals surface area contributed by atoms with E-state index < -0.39 is 5.97 Å². The highest BCUT2D eigenvalue weighted by Crippen LogP contribution is 2.31. The van der Waals surface area contributed by atoms with Crippen LogP contribution in [0.25, 0.3) is 33.8 Å². The molecule has 0 aromatic carbocycles. The fourth-order valence-corrected chi connectivity index (χ4v) is 4.51. The number of hydrogen-bond acceptors (Lipinski definition) is 6. The van der Waals surface area contributed by atoms with E-state index in [9.17, 15) is 4.79 Å². The zero-order valence-corrected chi connectivity index (χ0v) is 19.3. The van der Waals surface area contributed by atoms with Crippen LogP contribution in [0.15, 0.2) is 42.7 Å². The van der Waals surface area contributed by atoms with Crippen LogP contribution in [0, 0.1) is 19.8 Å². The number of rotatable bonds is 6. The van der Waals surface area contributed by atoms with Crippen LogP contribution in [-0.2, 0) is 4.79 Å². The maximum atomic E-state index is 10.9. The van der Waals surface area contributed by atoms with Gasteiger partial charge in [-0.2, -0.15) is 0 Å². The lowest BCUT2D eigenvalue weighted by Gasteiger charge is -2.28. The van der Waals surface area contributed by atoms with E-state index in [1.807, 2.05) is 44.2 Å². The molecule has 4 aromatic heterocycles. The van der Waals surface area contributed by atoms with Crippen LogP contribution in [0.5, 0.6) is 5.88 Å². The van der Waals surface area contributed by atoms with Gasteiger partial charge in [-0.15, -0.1) is 0 Å². The third kappa shape index (κ3) is 4.76. The van der Waals surface area contributed by atoms with E-state index in [1.54, 1.807) is 12.4 Å². The van der Waals surface area contributed by atoms with E-state index in [0.29, 0.717) is 11.5 Å². The third-order valence-electron chi connectivity index (χ3n) is 6.38. The highest BCUT2D eigenvalue weighted by molar-refractivity contribution is 5.76. The molecular formula is C26H27N5O3. The number of imidazole rings is 1. The first kappa shape index (κ1) is 22.0. The average molecular weight is 458 g/mol. The molecule has 1 saturated carbocycles. The van der Waals surface area contributed by atoms with Crippen LogP contribution in [-0.4, -0.2) is 42.1 Å². The number of aliphatic carboxylic acids is 1. The minimum absolute atomic E-state index is 0.0848. The first-order valence-electron chi connectivity index (χ1n) is 11.6. The maximum Gasteiger partial charge on any atom is 0.303 e. The molecule has 0 aliphatic heterocycles. The Hall–Kier alpha value is -3.81. The van der Waals surface area contributed by atoms with Crippen molar-refractivity contribution < 1.29 is 14.6 Å². The molecule has 0 unspecified atom stereocenters. The molecular weight excluding hydrogens is 430 g/mol. The van der Waals surface area contributed by atoms with Gasteiger partial charge >= 0.3 is 5.97 Å². The third-order valence-corrected chi connectivity index (χ3v) is 6.38. The summed E-state index contributed by atoms with van der Waals surface area (Å²) in [5.41, 5.74) is 6.12. The van der Waals surface area contributed by atoms with Crippen molar-refractivity contribution in [2.45, 2.75) is 52.1 Å². The monoisotopic (exact) mass is 457 g/mol. The van der Waals surface area contributed by atoms with Crippen molar-refractivity contribution in [2.24, 2.45) is 5.92 Å². The molecule has 0 atom stereocenters. The van der Waals surface area contributed by atoms with Crippen LogP contribution in [0.1, 0.15) is 43.4 Å². The second-order valence-electron chi connectivity index (χ2n) is 9.05. The number of fused-ring (bicyclic) bond motifs is 1. The van der Waals surface area contributed by atoms with E-state index in [-0.39, 0.29) is 18.4 Å². The molecule has 0 bridgehead atoms. The minimum atomic E-state index is -0.719. The molecule has 0 spiro atoms. The van der Waals surface area contributed by atoms with Crippen molar-refractivity contribution in [3.63, 3.8) is 0 Å². The number of hydrogen-bond donors (Lipinski definition) is 2. The fraction of sp³-hybridized carbons (Fsp3) is 0.346. The van der Waals surface area contributed by atoms with Gasteiger partial charge in [-0.1, -0.05) is 0 Å². The Kier molecular flexibility index (Phi) is 5.96. The summed E-state index contributed by atoms with van der Waals surface area (Å²) in [5.74, 6) is 0.905. The Labute approximate surface area is 197 Å². The first-order valence-corrected chi connectivity index (χ1v) is 11.6. The van der Waals surface area contributed by atoms with E-state index in [2.05, 4.69) is 24.9 Å². The van der Waals surface area contributed by atoms with Gasteiger partial charge in [0.2, 0.25) is 5.88 Å². The van der Waals surface area contributed by atoms with Crippen molar-refractivity contribution in [3.8, 4) is 28.5 Å². The summed E-state index contributed by atoms with van der Waals surface area (Å²) in [6.45, 7) is 3.93.